The molecule has 112 valence electrons. The van der Waals surface area contributed by atoms with Crippen molar-refractivity contribution < 1.29 is 9.47 Å². The molecule has 0 aliphatic heterocycles. The minimum atomic E-state index is 0.766. The molecule has 0 unspecified atom stereocenters. The van der Waals surface area contributed by atoms with E-state index in [1.807, 2.05) is 30.9 Å². The Morgan fingerprint density at radius 1 is 0.905 bits per heavy atom. The smallest absolute Gasteiger partial charge is 0.161 e. The molecule has 21 heavy (non-hydrogen) atoms. The molecule has 0 bridgehead atoms. The van der Waals surface area contributed by atoms with E-state index in [4.69, 9.17) is 9.47 Å². The van der Waals surface area contributed by atoms with Gasteiger partial charge in [0, 0.05) is 17.2 Å². The first kappa shape index (κ1) is 15.7. The zero-order valence-electron chi connectivity index (χ0n) is 12.7. The van der Waals surface area contributed by atoms with E-state index in [0.717, 1.165) is 23.8 Å². The molecule has 2 aromatic rings. The van der Waals surface area contributed by atoms with Gasteiger partial charge in [0.15, 0.2) is 11.5 Å². The highest BCUT2D eigenvalue weighted by molar-refractivity contribution is 7.98. The normalized spacial score (nSPS) is 10.4. The summed E-state index contributed by atoms with van der Waals surface area (Å²) in [7, 11) is 5.27. The van der Waals surface area contributed by atoms with Gasteiger partial charge in [-0.15, -0.1) is 11.8 Å². The average Bonchev–Trinajstić information content (AvgIpc) is 2.54. The van der Waals surface area contributed by atoms with Gasteiger partial charge in [0.05, 0.1) is 14.2 Å². The number of thioether (sulfide) groups is 1. The molecule has 0 fully saturated rings. The second kappa shape index (κ2) is 7.96. The predicted octanol–water partition coefficient (Wildman–Crippen LogP) is 3.72. The Morgan fingerprint density at radius 3 is 2.19 bits per heavy atom. The maximum absolute atomic E-state index is 5.33. The Labute approximate surface area is 130 Å². The lowest BCUT2D eigenvalue weighted by molar-refractivity contribution is 0.354. The van der Waals surface area contributed by atoms with Crippen molar-refractivity contribution in [3.05, 3.63) is 53.6 Å². The highest BCUT2D eigenvalue weighted by Crippen LogP contribution is 2.30. The molecule has 4 heteroatoms. The fraction of sp³-hybridized carbons (Fsp3) is 0.294. The molecule has 2 rings (SSSR count). The van der Waals surface area contributed by atoms with Gasteiger partial charge in [-0.05, 0) is 42.4 Å². The molecule has 0 amide bonds. The molecule has 0 atom stereocenters. The minimum Gasteiger partial charge on any atom is -0.493 e. The number of hydrogen-bond acceptors (Lipinski definition) is 4. The van der Waals surface area contributed by atoms with Crippen molar-refractivity contribution in [2.75, 3.05) is 21.3 Å². The number of nitrogens with one attached hydrogen (secondary N) is 1. The minimum absolute atomic E-state index is 0.766. The summed E-state index contributed by atoms with van der Waals surface area (Å²) in [6.07, 6.45) is 0. The third-order valence-corrected chi connectivity index (χ3v) is 4.24. The van der Waals surface area contributed by atoms with Crippen LogP contribution in [0.3, 0.4) is 0 Å². The lowest BCUT2D eigenvalue weighted by Gasteiger charge is -2.09. The highest BCUT2D eigenvalue weighted by atomic mass is 32.2. The van der Waals surface area contributed by atoms with E-state index in [2.05, 4.69) is 35.6 Å². The van der Waals surface area contributed by atoms with Crippen molar-refractivity contribution in [2.24, 2.45) is 0 Å². The van der Waals surface area contributed by atoms with Crippen LogP contribution in [0.1, 0.15) is 11.1 Å². The molecule has 1 N–H and O–H groups in total. The number of ether oxygens (including phenoxy) is 2. The van der Waals surface area contributed by atoms with E-state index >= 15 is 0 Å². The van der Waals surface area contributed by atoms with Gasteiger partial charge in [-0.2, -0.15) is 0 Å². The summed E-state index contributed by atoms with van der Waals surface area (Å²) in [5.74, 6) is 2.45. The van der Waals surface area contributed by atoms with Crippen LogP contribution < -0.4 is 14.8 Å². The van der Waals surface area contributed by atoms with Crippen LogP contribution in [0.15, 0.2) is 47.4 Å². The van der Waals surface area contributed by atoms with Crippen LogP contribution >= 0.6 is 11.8 Å². The molecular weight excluding hydrogens is 282 g/mol. The van der Waals surface area contributed by atoms with E-state index in [1.165, 1.54) is 16.0 Å². The van der Waals surface area contributed by atoms with Gasteiger partial charge in [-0.3, -0.25) is 0 Å². The lowest BCUT2D eigenvalue weighted by Crippen LogP contribution is -2.04. The Kier molecular flexibility index (Phi) is 5.96. The molecule has 0 saturated heterocycles. The molecule has 0 aromatic heterocycles. The molecule has 0 radical (unpaired) electrons. The van der Waals surface area contributed by atoms with Gasteiger partial charge >= 0.3 is 0 Å². The molecule has 0 aliphatic rings. The maximum atomic E-state index is 5.33. The molecule has 2 aromatic carbocycles. The van der Waals surface area contributed by atoms with Crippen LogP contribution in [0, 0.1) is 0 Å². The van der Waals surface area contributed by atoms with E-state index in [0.29, 0.717) is 0 Å². The second-order valence-electron chi connectivity index (χ2n) is 4.65. The van der Waals surface area contributed by atoms with Gasteiger partial charge in [-0.25, -0.2) is 0 Å². The number of hydrogen-bond donors (Lipinski definition) is 1. The van der Waals surface area contributed by atoms with Crippen LogP contribution in [-0.2, 0) is 12.3 Å². The van der Waals surface area contributed by atoms with E-state index in [-0.39, 0.29) is 0 Å². The number of benzene rings is 2. The standard InChI is InChI=1S/C17H21NO2S/c1-18-11-13-4-7-15(8-5-13)21-12-14-6-9-16(19-2)17(10-14)20-3/h4-10,18H,11-12H2,1-3H3. The Morgan fingerprint density at radius 2 is 1.57 bits per heavy atom. The summed E-state index contributed by atoms with van der Waals surface area (Å²) in [6, 6.07) is 14.7. The van der Waals surface area contributed by atoms with Gasteiger partial charge in [0.25, 0.3) is 0 Å². The van der Waals surface area contributed by atoms with Crippen LogP contribution in [-0.4, -0.2) is 21.3 Å². The molecule has 0 heterocycles. The zero-order chi connectivity index (χ0) is 15.1. The average molecular weight is 303 g/mol. The fourth-order valence-electron chi connectivity index (χ4n) is 2.04. The highest BCUT2D eigenvalue weighted by Gasteiger charge is 2.05. The number of rotatable bonds is 7. The van der Waals surface area contributed by atoms with E-state index < -0.39 is 0 Å². The van der Waals surface area contributed by atoms with Crippen LogP contribution in [0.2, 0.25) is 0 Å². The third kappa shape index (κ3) is 4.41. The Bertz CT molecular complexity index is 570. The number of methoxy groups -OCH3 is 2. The third-order valence-electron chi connectivity index (χ3n) is 3.16. The first-order chi connectivity index (χ1) is 10.3. The Hall–Kier alpha value is -1.65. The summed E-state index contributed by atoms with van der Waals surface area (Å²) in [4.78, 5) is 1.27. The van der Waals surface area contributed by atoms with Crippen molar-refractivity contribution in [1.82, 2.24) is 5.32 Å². The van der Waals surface area contributed by atoms with Crippen molar-refractivity contribution in [3.8, 4) is 11.5 Å². The molecule has 0 aliphatic carbocycles. The van der Waals surface area contributed by atoms with Crippen molar-refractivity contribution in [3.63, 3.8) is 0 Å². The van der Waals surface area contributed by atoms with Crippen LogP contribution in [0.5, 0.6) is 11.5 Å². The monoisotopic (exact) mass is 303 g/mol. The molecule has 0 saturated carbocycles. The van der Waals surface area contributed by atoms with Gasteiger partial charge in [0.2, 0.25) is 0 Å². The van der Waals surface area contributed by atoms with Crippen LogP contribution in [0.25, 0.3) is 0 Å². The predicted molar refractivity (Wildman–Crippen MR) is 88.3 cm³/mol. The van der Waals surface area contributed by atoms with Crippen molar-refractivity contribution in [2.45, 2.75) is 17.2 Å². The zero-order valence-corrected chi connectivity index (χ0v) is 13.5. The van der Waals surface area contributed by atoms with Gasteiger partial charge in [0.1, 0.15) is 0 Å². The molecular formula is C17H21NO2S. The first-order valence-electron chi connectivity index (χ1n) is 6.84. The SMILES string of the molecule is CNCc1ccc(SCc2ccc(OC)c(OC)c2)cc1. The fourth-order valence-corrected chi connectivity index (χ4v) is 2.89. The summed E-state index contributed by atoms with van der Waals surface area (Å²) in [5, 5.41) is 3.15. The molecule has 0 spiro atoms. The van der Waals surface area contributed by atoms with E-state index in [1.54, 1.807) is 14.2 Å². The lowest BCUT2D eigenvalue weighted by atomic mass is 10.2. The summed E-state index contributed by atoms with van der Waals surface area (Å²) in [6.45, 7) is 0.903. The van der Waals surface area contributed by atoms with Gasteiger partial charge in [-0.1, -0.05) is 18.2 Å². The van der Waals surface area contributed by atoms with Crippen LogP contribution in [0.4, 0.5) is 0 Å². The topological polar surface area (TPSA) is 30.5 Å². The summed E-state index contributed by atoms with van der Waals surface area (Å²) >= 11 is 1.82. The van der Waals surface area contributed by atoms with Crippen molar-refractivity contribution in [1.29, 1.82) is 0 Å². The molecule has 3 nitrogen and oxygen atoms in total. The van der Waals surface area contributed by atoms with Gasteiger partial charge < -0.3 is 14.8 Å². The largest absolute Gasteiger partial charge is 0.493 e. The maximum Gasteiger partial charge on any atom is 0.161 e. The van der Waals surface area contributed by atoms with E-state index in [9.17, 15) is 0 Å². The second-order valence-corrected chi connectivity index (χ2v) is 5.70. The van der Waals surface area contributed by atoms with Crippen molar-refractivity contribution >= 4 is 11.8 Å². The summed E-state index contributed by atoms with van der Waals surface area (Å²) in [5.41, 5.74) is 2.52. The first-order valence-corrected chi connectivity index (χ1v) is 7.82. The quantitative estimate of drug-likeness (QED) is 0.790. The Balaban J connectivity index is 1.99. The summed E-state index contributed by atoms with van der Waals surface area (Å²) < 4.78 is 10.6.